The van der Waals surface area contributed by atoms with E-state index in [2.05, 4.69) is 207 Å². The SMILES string of the molecule is CCN(CC)C1CCN(C(C)c2cc(-c3ccc4ccccc4c3)nc3ccccc23)CC1.CCN(CC)C1CCN(C(C)c2cc(-c3ccc4ccccc4c3)nc3ccccc23)CC1.Cl.Cl. The van der Waals surface area contributed by atoms with Crippen molar-refractivity contribution < 1.29 is 0 Å². The third kappa shape index (κ3) is 11.1. The molecule has 2 aliphatic rings. The maximum Gasteiger partial charge on any atom is 0.0713 e. The fraction of sp³-hybridized carbons (Fsp3) is 0.367. The molecular formula is C60H72Cl2N6. The molecule has 10 rings (SSSR count). The van der Waals surface area contributed by atoms with E-state index in [9.17, 15) is 0 Å². The lowest BCUT2D eigenvalue weighted by molar-refractivity contribution is 0.0942. The van der Waals surface area contributed by atoms with Gasteiger partial charge in [-0.25, -0.2) is 9.97 Å². The van der Waals surface area contributed by atoms with Crippen molar-refractivity contribution in [3.63, 3.8) is 0 Å². The van der Waals surface area contributed by atoms with Gasteiger partial charge in [-0.3, -0.25) is 9.80 Å². The smallest absolute Gasteiger partial charge is 0.0713 e. The van der Waals surface area contributed by atoms with Crippen molar-refractivity contribution in [2.45, 2.75) is 91.4 Å². The van der Waals surface area contributed by atoms with Crippen LogP contribution in [0.2, 0.25) is 0 Å². The molecule has 0 amide bonds. The largest absolute Gasteiger partial charge is 0.301 e. The van der Waals surface area contributed by atoms with E-state index in [1.54, 1.807) is 0 Å². The number of halogens is 2. The monoisotopic (exact) mass is 947 g/mol. The number of pyridine rings is 2. The minimum Gasteiger partial charge on any atom is -0.301 e. The molecule has 0 aliphatic carbocycles. The van der Waals surface area contributed by atoms with Gasteiger partial charge in [0.15, 0.2) is 0 Å². The molecule has 0 bridgehead atoms. The van der Waals surface area contributed by atoms with Gasteiger partial charge >= 0.3 is 0 Å². The molecule has 2 aromatic heterocycles. The molecule has 2 saturated heterocycles. The molecule has 356 valence electrons. The Kier molecular flexibility index (Phi) is 17.7. The van der Waals surface area contributed by atoms with Crippen LogP contribution in [0, 0.1) is 0 Å². The van der Waals surface area contributed by atoms with Crippen LogP contribution >= 0.6 is 24.8 Å². The van der Waals surface area contributed by atoms with Crippen molar-refractivity contribution >= 4 is 68.2 Å². The molecular weight excluding hydrogens is 876 g/mol. The quantitative estimate of drug-likeness (QED) is 0.122. The number of rotatable bonds is 12. The Morgan fingerprint density at radius 3 is 1.15 bits per heavy atom. The van der Waals surface area contributed by atoms with Gasteiger partial charge in [0, 0.05) is 72.2 Å². The second kappa shape index (κ2) is 23.6. The maximum absolute atomic E-state index is 5.07. The third-order valence-electron chi connectivity index (χ3n) is 15.2. The van der Waals surface area contributed by atoms with Gasteiger partial charge in [-0.15, -0.1) is 24.8 Å². The van der Waals surface area contributed by atoms with Crippen LogP contribution in [0.5, 0.6) is 0 Å². The summed E-state index contributed by atoms with van der Waals surface area (Å²) >= 11 is 0. The number of piperidine rings is 2. The van der Waals surface area contributed by atoms with Gasteiger partial charge in [0.05, 0.1) is 22.4 Å². The Morgan fingerprint density at radius 1 is 0.441 bits per heavy atom. The number of para-hydroxylation sites is 2. The van der Waals surface area contributed by atoms with Crippen LogP contribution < -0.4 is 0 Å². The van der Waals surface area contributed by atoms with E-state index in [1.165, 1.54) is 80.3 Å². The Labute approximate surface area is 418 Å². The number of likely N-dealkylation sites (tertiary alicyclic amines) is 2. The first-order valence-corrected chi connectivity index (χ1v) is 25.1. The van der Waals surface area contributed by atoms with E-state index in [0.29, 0.717) is 12.1 Å². The first-order chi connectivity index (χ1) is 32.3. The minimum atomic E-state index is 0. The van der Waals surface area contributed by atoms with Crippen LogP contribution in [0.1, 0.15) is 90.4 Å². The van der Waals surface area contributed by atoms with Gasteiger partial charge in [0.1, 0.15) is 0 Å². The van der Waals surface area contributed by atoms with E-state index >= 15 is 0 Å². The molecule has 2 unspecified atom stereocenters. The lowest BCUT2D eigenvalue weighted by atomic mass is 9.95. The highest BCUT2D eigenvalue weighted by Gasteiger charge is 2.29. The second-order valence-electron chi connectivity index (χ2n) is 18.7. The highest BCUT2D eigenvalue weighted by Crippen LogP contribution is 2.36. The number of hydrogen-bond acceptors (Lipinski definition) is 6. The van der Waals surface area contributed by atoms with Crippen molar-refractivity contribution in [3.8, 4) is 22.5 Å². The number of benzene rings is 6. The zero-order chi connectivity index (χ0) is 45.6. The Hall–Kier alpha value is -4.92. The topological polar surface area (TPSA) is 38.7 Å². The lowest BCUT2D eigenvalue weighted by Crippen LogP contribution is -2.45. The second-order valence-corrected chi connectivity index (χ2v) is 18.7. The number of fused-ring (bicyclic) bond motifs is 4. The highest BCUT2D eigenvalue weighted by molar-refractivity contribution is 5.91. The van der Waals surface area contributed by atoms with Crippen LogP contribution in [0.4, 0.5) is 0 Å². The first-order valence-electron chi connectivity index (χ1n) is 25.1. The Morgan fingerprint density at radius 2 is 0.779 bits per heavy atom. The van der Waals surface area contributed by atoms with Gasteiger partial charge in [-0.1, -0.05) is 137 Å². The molecule has 0 saturated carbocycles. The summed E-state index contributed by atoms with van der Waals surface area (Å²) in [7, 11) is 0. The minimum absolute atomic E-state index is 0. The molecule has 2 atom stereocenters. The predicted molar refractivity (Wildman–Crippen MR) is 296 cm³/mol. The van der Waals surface area contributed by atoms with Gasteiger partial charge in [-0.05, 0) is 135 Å². The first kappa shape index (κ1) is 50.9. The van der Waals surface area contributed by atoms with Crippen molar-refractivity contribution in [1.82, 2.24) is 29.6 Å². The van der Waals surface area contributed by atoms with E-state index in [0.717, 1.165) is 86.9 Å². The molecule has 8 heteroatoms. The van der Waals surface area contributed by atoms with Crippen molar-refractivity contribution in [3.05, 3.63) is 157 Å². The van der Waals surface area contributed by atoms with Gasteiger partial charge < -0.3 is 9.80 Å². The number of hydrogen-bond donors (Lipinski definition) is 0. The summed E-state index contributed by atoms with van der Waals surface area (Å²) in [5.41, 5.74) is 9.47. The van der Waals surface area contributed by atoms with Gasteiger partial charge in [0.2, 0.25) is 0 Å². The summed E-state index contributed by atoms with van der Waals surface area (Å²) in [5, 5.41) is 7.62. The van der Waals surface area contributed by atoms with Crippen molar-refractivity contribution in [2.75, 3.05) is 52.4 Å². The molecule has 8 aromatic rings. The average Bonchev–Trinajstić information content (AvgIpc) is 3.38. The lowest BCUT2D eigenvalue weighted by Gasteiger charge is -2.40. The fourth-order valence-electron chi connectivity index (χ4n) is 11.2. The molecule has 0 radical (unpaired) electrons. The van der Waals surface area contributed by atoms with Crippen LogP contribution in [0.3, 0.4) is 0 Å². The zero-order valence-electron chi connectivity index (χ0n) is 41.2. The van der Waals surface area contributed by atoms with E-state index < -0.39 is 0 Å². The van der Waals surface area contributed by atoms with E-state index in [4.69, 9.17) is 9.97 Å². The molecule has 4 heterocycles. The molecule has 68 heavy (non-hydrogen) atoms. The molecule has 2 aliphatic heterocycles. The predicted octanol–water partition coefficient (Wildman–Crippen LogP) is 14.7. The van der Waals surface area contributed by atoms with Gasteiger partial charge in [-0.2, -0.15) is 0 Å². The highest BCUT2D eigenvalue weighted by atomic mass is 35.5. The van der Waals surface area contributed by atoms with Crippen LogP contribution in [-0.2, 0) is 0 Å². The van der Waals surface area contributed by atoms with Crippen molar-refractivity contribution in [2.24, 2.45) is 0 Å². The number of nitrogens with zero attached hydrogens (tertiary/aromatic N) is 6. The molecule has 6 aromatic carbocycles. The van der Waals surface area contributed by atoms with Crippen LogP contribution in [0.15, 0.2) is 146 Å². The van der Waals surface area contributed by atoms with Crippen LogP contribution in [-0.4, -0.2) is 94.0 Å². The molecule has 0 spiro atoms. The Balaban J connectivity index is 0.000000196. The molecule has 0 N–H and O–H groups in total. The summed E-state index contributed by atoms with van der Waals surface area (Å²) in [6.45, 7) is 23.2. The maximum atomic E-state index is 5.07. The summed E-state index contributed by atoms with van der Waals surface area (Å²) in [5.74, 6) is 0. The summed E-state index contributed by atoms with van der Waals surface area (Å²) < 4.78 is 0. The third-order valence-corrected chi connectivity index (χ3v) is 15.2. The van der Waals surface area contributed by atoms with E-state index in [1.807, 2.05) is 0 Å². The van der Waals surface area contributed by atoms with Gasteiger partial charge in [0.25, 0.3) is 0 Å². The standard InChI is InChI=1S/2C30H35N3.2ClH/c2*1-4-32(5-2)26-16-18-33(19-17-26)22(3)28-21-30(31-29-13-9-8-12-27(28)29)25-15-14-23-10-6-7-11-24(23)20-25;;/h2*6-15,20-22,26H,4-5,16-19H2,1-3H3;2*1H. The fourth-order valence-corrected chi connectivity index (χ4v) is 11.2. The summed E-state index contributed by atoms with van der Waals surface area (Å²) in [6, 6.07) is 54.7. The van der Waals surface area contributed by atoms with Crippen molar-refractivity contribution in [1.29, 1.82) is 0 Å². The van der Waals surface area contributed by atoms with E-state index in [-0.39, 0.29) is 24.8 Å². The zero-order valence-corrected chi connectivity index (χ0v) is 42.8. The Bertz CT molecular complexity index is 2680. The number of aromatic nitrogens is 2. The summed E-state index contributed by atoms with van der Waals surface area (Å²) in [4.78, 5) is 20.7. The summed E-state index contributed by atoms with van der Waals surface area (Å²) in [6.07, 6.45) is 5.03. The van der Waals surface area contributed by atoms with Crippen LogP contribution in [0.25, 0.3) is 65.9 Å². The molecule has 6 nitrogen and oxygen atoms in total. The average molecular weight is 948 g/mol. The normalized spacial score (nSPS) is 16.1. The molecule has 2 fully saturated rings.